The molecule has 96 valence electrons. The van der Waals surface area contributed by atoms with Crippen molar-refractivity contribution in [3.8, 4) is 5.75 Å². The second kappa shape index (κ2) is 4.04. The van der Waals surface area contributed by atoms with Crippen LogP contribution in [0.2, 0.25) is 0 Å². The Balaban J connectivity index is 2.48. The van der Waals surface area contributed by atoms with Crippen LogP contribution in [0.15, 0.2) is 36.4 Å². The minimum absolute atomic E-state index is 0.169. The van der Waals surface area contributed by atoms with Crippen LogP contribution in [-0.4, -0.2) is 19.3 Å². The normalized spacial score (nSPS) is 23.0. The lowest BCUT2D eigenvalue weighted by Gasteiger charge is -2.29. The van der Waals surface area contributed by atoms with E-state index in [9.17, 15) is 18.0 Å². The van der Waals surface area contributed by atoms with Crippen molar-refractivity contribution in [2.75, 3.05) is 7.11 Å². The van der Waals surface area contributed by atoms with Crippen LogP contribution in [0, 0.1) is 0 Å². The minimum Gasteiger partial charge on any atom is -0.497 e. The molecule has 0 aliphatic carbocycles. The molecule has 1 aromatic carbocycles. The Hall–Kier alpha value is -1.98. The Labute approximate surface area is 101 Å². The summed E-state index contributed by atoms with van der Waals surface area (Å²) < 4.78 is 48.6. The van der Waals surface area contributed by atoms with Gasteiger partial charge < -0.3 is 9.47 Å². The Kier molecular flexibility index (Phi) is 2.80. The van der Waals surface area contributed by atoms with Crippen molar-refractivity contribution in [3.63, 3.8) is 0 Å². The van der Waals surface area contributed by atoms with Crippen molar-refractivity contribution in [1.82, 2.24) is 0 Å². The van der Waals surface area contributed by atoms with Crippen molar-refractivity contribution in [2.24, 2.45) is 0 Å². The van der Waals surface area contributed by atoms with E-state index in [2.05, 4.69) is 4.74 Å². The summed E-state index contributed by atoms with van der Waals surface area (Å²) in [6.07, 6.45) is -3.22. The lowest BCUT2D eigenvalue weighted by molar-refractivity contribution is -0.250. The largest absolute Gasteiger partial charge is 0.497 e. The zero-order valence-corrected chi connectivity index (χ0v) is 9.32. The predicted molar refractivity (Wildman–Crippen MR) is 56.0 cm³/mol. The van der Waals surface area contributed by atoms with Gasteiger partial charge in [-0.1, -0.05) is 12.1 Å². The van der Waals surface area contributed by atoms with Gasteiger partial charge in [-0.05, 0) is 18.2 Å². The Morgan fingerprint density at radius 2 is 1.83 bits per heavy atom. The first-order valence-corrected chi connectivity index (χ1v) is 5.02. The monoisotopic (exact) mass is 258 g/mol. The van der Waals surface area contributed by atoms with Gasteiger partial charge in [0.15, 0.2) is 0 Å². The number of hydrogen-bond donors (Lipinski definition) is 0. The van der Waals surface area contributed by atoms with E-state index >= 15 is 0 Å². The van der Waals surface area contributed by atoms with E-state index in [0.717, 1.165) is 12.2 Å². The first-order chi connectivity index (χ1) is 8.39. The quantitative estimate of drug-likeness (QED) is 0.765. The SMILES string of the molecule is COc1ccc([C@]2(C(F)(F)F)C=CC(=O)O2)cc1. The number of carbonyl (C=O) groups excluding carboxylic acids is 1. The van der Waals surface area contributed by atoms with Crippen LogP contribution in [0.1, 0.15) is 5.56 Å². The Morgan fingerprint density at radius 1 is 1.22 bits per heavy atom. The van der Waals surface area contributed by atoms with Gasteiger partial charge in [0.25, 0.3) is 5.60 Å². The van der Waals surface area contributed by atoms with Gasteiger partial charge in [-0.15, -0.1) is 0 Å². The molecule has 0 saturated carbocycles. The summed E-state index contributed by atoms with van der Waals surface area (Å²) in [4.78, 5) is 11.0. The van der Waals surface area contributed by atoms with Gasteiger partial charge >= 0.3 is 12.1 Å². The molecule has 0 amide bonds. The number of alkyl halides is 3. The fraction of sp³-hybridized carbons (Fsp3) is 0.250. The molecule has 0 fully saturated rings. The summed E-state index contributed by atoms with van der Waals surface area (Å²) in [5, 5.41) is 0. The fourth-order valence-corrected chi connectivity index (χ4v) is 1.72. The summed E-state index contributed by atoms with van der Waals surface area (Å²) in [7, 11) is 1.41. The first kappa shape index (κ1) is 12.5. The highest BCUT2D eigenvalue weighted by atomic mass is 19.4. The molecule has 0 radical (unpaired) electrons. The fourth-order valence-electron chi connectivity index (χ4n) is 1.72. The number of ether oxygens (including phenoxy) is 2. The second-order valence-electron chi connectivity index (χ2n) is 3.72. The average Bonchev–Trinajstić information content (AvgIpc) is 2.72. The number of halogens is 3. The smallest absolute Gasteiger partial charge is 0.436 e. The van der Waals surface area contributed by atoms with Crippen molar-refractivity contribution in [2.45, 2.75) is 11.8 Å². The molecule has 0 aromatic heterocycles. The van der Waals surface area contributed by atoms with Gasteiger partial charge in [-0.2, -0.15) is 13.2 Å². The van der Waals surface area contributed by atoms with Gasteiger partial charge in [0, 0.05) is 11.6 Å². The third-order valence-corrected chi connectivity index (χ3v) is 2.66. The van der Waals surface area contributed by atoms with Crippen LogP contribution in [-0.2, 0) is 15.1 Å². The van der Waals surface area contributed by atoms with Crippen LogP contribution in [0.3, 0.4) is 0 Å². The Morgan fingerprint density at radius 3 is 2.22 bits per heavy atom. The predicted octanol–water partition coefficient (Wildman–Crippen LogP) is 2.57. The molecule has 3 nitrogen and oxygen atoms in total. The number of esters is 1. The molecular weight excluding hydrogens is 249 g/mol. The average molecular weight is 258 g/mol. The molecule has 0 saturated heterocycles. The van der Waals surface area contributed by atoms with Crippen molar-refractivity contribution >= 4 is 5.97 Å². The van der Waals surface area contributed by atoms with Gasteiger partial charge in [0.05, 0.1) is 7.11 Å². The van der Waals surface area contributed by atoms with Gasteiger partial charge in [-0.25, -0.2) is 4.79 Å². The summed E-state index contributed by atoms with van der Waals surface area (Å²) in [6, 6.07) is 5.19. The molecule has 1 aromatic rings. The van der Waals surface area contributed by atoms with E-state index < -0.39 is 17.7 Å². The third kappa shape index (κ3) is 1.83. The van der Waals surface area contributed by atoms with Crippen LogP contribution < -0.4 is 4.74 Å². The molecule has 18 heavy (non-hydrogen) atoms. The minimum atomic E-state index is -4.72. The van der Waals surface area contributed by atoms with E-state index in [0.29, 0.717) is 5.75 Å². The molecule has 1 heterocycles. The molecule has 1 aliphatic heterocycles. The van der Waals surface area contributed by atoms with Gasteiger partial charge in [-0.3, -0.25) is 0 Å². The van der Waals surface area contributed by atoms with Crippen molar-refractivity contribution in [3.05, 3.63) is 42.0 Å². The molecule has 1 atom stereocenters. The number of hydrogen-bond acceptors (Lipinski definition) is 3. The van der Waals surface area contributed by atoms with Crippen LogP contribution in [0.4, 0.5) is 13.2 Å². The molecule has 0 N–H and O–H groups in total. The second-order valence-corrected chi connectivity index (χ2v) is 3.72. The lowest BCUT2D eigenvalue weighted by Crippen LogP contribution is -2.41. The highest BCUT2D eigenvalue weighted by molar-refractivity contribution is 5.85. The molecule has 2 rings (SSSR count). The molecule has 0 bridgehead atoms. The molecule has 0 spiro atoms. The van der Waals surface area contributed by atoms with E-state index in [1.807, 2.05) is 0 Å². The van der Waals surface area contributed by atoms with E-state index in [-0.39, 0.29) is 5.56 Å². The third-order valence-electron chi connectivity index (χ3n) is 2.66. The highest BCUT2D eigenvalue weighted by Crippen LogP contribution is 2.46. The number of rotatable bonds is 2. The molecule has 0 unspecified atom stereocenters. The van der Waals surface area contributed by atoms with E-state index in [1.165, 1.54) is 31.4 Å². The zero-order valence-electron chi connectivity index (χ0n) is 9.32. The standard InChI is InChI=1S/C12H9F3O3/c1-17-9-4-2-8(3-5-9)11(12(13,14)15)7-6-10(16)18-11/h2-7H,1H3/t11-/m0/s1. The number of benzene rings is 1. The zero-order chi connectivity index (χ0) is 13.4. The number of carbonyl (C=O) groups is 1. The summed E-state index contributed by atoms with van der Waals surface area (Å²) in [5.74, 6) is -0.590. The van der Waals surface area contributed by atoms with Crippen LogP contribution in [0.5, 0.6) is 5.75 Å². The molecule has 6 heteroatoms. The Bertz CT molecular complexity index is 490. The number of cyclic esters (lactones) is 1. The lowest BCUT2D eigenvalue weighted by atomic mass is 9.93. The maximum atomic E-state index is 13.1. The van der Waals surface area contributed by atoms with E-state index in [4.69, 9.17) is 4.74 Å². The topological polar surface area (TPSA) is 35.5 Å². The van der Waals surface area contributed by atoms with Crippen molar-refractivity contribution < 1.29 is 27.4 Å². The van der Waals surface area contributed by atoms with Crippen LogP contribution in [0.25, 0.3) is 0 Å². The first-order valence-electron chi connectivity index (χ1n) is 5.02. The molecular formula is C12H9F3O3. The van der Waals surface area contributed by atoms with Crippen molar-refractivity contribution in [1.29, 1.82) is 0 Å². The van der Waals surface area contributed by atoms with Crippen LogP contribution >= 0.6 is 0 Å². The maximum Gasteiger partial charge on any atom is 0.436 e. The summed E-state index contributed by atoms with van der Waals surface area (Å²) >= 11 is 0. The van der Waals surface area contributed by atoms with Gasteiger partial charge in [0.1, 0.15) is 5.75 Å². The maximum absolute atomic E-state index is 13.1. The van der Waals surface area contributed by atoms with Gasteiger partial charge in [0.2, 0.25) is 0 Å². The highest BCUT2D eigenvalue weighted by Gasteiger charge is 2.59. The summed E-state index contributed by atoms with van der Waals surface area (Å²) in [5.41, 5.74) is -2.87. The molecule has 1 aliphatic rings. The van der Waals surface area contributed by atoms with E-state index in [1.54, 1.807) is 0 Å². The summed E-state index contributed by atoms with van der Waals surface area (Å²) in [6.45, 7) is 0. The number of methoxy groups -OCH3 is 1.